The molecule has 0 spiro atoms. The summed E-state index contributed by atoms with van der Waals surface area (Å²) in [5.74, 6) is 0.917. The second-order valence-electron chi connectivity index (χ2n) is 5.09. The number of hydrogen-bond donors (Lipinski definition) is 1. The number of aromatic nitrogens is 2. The van der Waals surface area contributed by atoms with E-state index in [4.69, 9.17) is 4.74 Å². The number of ether oxygens (including phenoxy) is 1. The molecular formula is C16H23N3O. The molecule has 0 radical (unpaired) electrons. The largest absolute Gasteiger partial charge is 0.491 e. The van der Waals surface area contributed by atoms with Crippen LogP contribution in [0.2, 0.25) is 0 Å². The molecule has 0 saturated carbocycles. The van der Waals surface area contributed by atoms with Gasteiger partial charge in [0, 0.05) is 13.2 Å². The molecule has 4 nitrogen and oxygen atoms in total. The third kappa shape index (κ3) is 3.32. The Bertz CT molecular complexity index is 563. The maximum atomic E-state index is 5.83. The normalized spacial score (nSPS) is 12.2. The molecule has 0 aliphatic heterocycles. The SMILES string of the molecule is CCCOc1cc(C)ccc1NC(C)c1ccnn1C. The Morgan fingerprint density at radius 2 is 2.15 bits per heavy atom. The molecule has 1 N–H and O–H groups in total. The van der Waals surface area contributed by atoms with Crippen molar-refractivity contribution in [3.63, 3.8) is 0 Å². The first-order valence-electron chi connectivity index (χ1n) is 7.09. The van der Waals surface area contributed by atoms with Gasteiger partial charge in [-0.3, -0.25) is 4.68 Å². The number of nitrogens with zero attached hydrogens (tertiary/aromatic N) is 2. The molecule has 1 heterocycles. The van der Waals surface area contributed by atoms with E-state index >= 15 is 0 Å². The second kappa shape index (κ2) is 6.46. The van der Waals surface area contributed by atoms with Gasteiger partial charge in [-0.2, -0.15) is 5.10 Å². The molecule has 0 saturated heterocycles. The number of rotatable bonds is 6. The number of hydrogen-bond acceptors (Lipinski definition) is 3. The Labute approximate surface area is 120 Å². The second-order valence-corrected chi connectivity index (χ2v) is 5.09. The third-order valence-electron chi connectivity index (χ3n) is 3.27. The lowest BCUT2D eigenvalue weighted by molar-refractivity contribution is 0.318. The molecule has 0 amide bonds. The van der Waals surface area contributed by atoms with Crippen molar-refractivity contribution in [2.75, 3.05) is 11.9 Å². The predicted octanol–water partition coefficient (Wildman–Crippen LogP) is 3.69. The first-order chi connectivity index (χ1) is 9.61. The summed E-state index contributed by atoms with van der Waals surface area (Å²) in [5, 5.41) is 7.71. The molecule has 108 valence electrons. The summed E-state index contributed by atoms with van der Waals surface area (Å²) >= 11 is 0. The van der Waals surface area contributed by atoms with E-state index in [1.807, 2.05) is 24.0 Å². The lowest BCUT2D eigenvalue weighted by atomic mass is 10.1. The molecule has 1 unspecified atom stereocenters. The standard InChI is InChI=1S/C16H23N3O/c1-5-10-20-16-11-12(2)6-7-14(16)18-13(3)15-8-9-17-19(15)4/h6-9,11,13,18H,5,10H2,1-4H3. The van der Waals surface area contributed by atoms with Crippen molar-refractivity contribution in [2.45, 2.75) is 33.2 Å². The summed E-state index contributed by atoms with van der Waals surface area (Å²) < 4.78 is 7.72. The quantitative estimate of drug-likeness (QED) is 0.872. The Morgan fingerprint density at radius 1 is 1.35 bits per heavy atom. The van der Waals surface area contributed by atoms with Gasteiger partial charge in [0.15, 0.2) is 0 Å². The van der Waals surface area contributed by atoms with E-state index < -0.39 is 0 Å². The highest BCUT2D eigenvalue weighted by Crippen LogP contribution is 2.29. The van der Waals surface area contributed by atoms with Crippen molar-refractivity contribution in [2.24, 2.45) is 7.05 Å². The van der Waals surface area contributed by atoms with Gasteiger partial charge in [-0.25, -0.2) is 0 Å². The fraction of sp³-hybridized carbons (Fsp3) is 0.438. The van der Waals surface area contributed by atoms with Crippen LogP contribution in [-0.4, -0.2) is 16.4 Å². The Hall–Kier alpha value is -1.97. The van der Waals surface area contributed by atoms with Gasteiger partial charge >= 0.3 is 0 Å². The molecule has 2 aromatic rings. The molecule has 2 rings (SSSR count). The molecule has 1 aromatic carbocycles. The first-order valence-corrected chi connectivity index (χ1v) is 7.09. The highest BCUT2D eigenvalue weighted by molar-refractivity contribution is 5.58. The monoisotopic (exact) mass is 273 g/mol. The van der Waals surface area contributed by atoms with Gasteiger partial charge in [0.25, 0.3) is 0 Å². The highest BCUT2D eigenvalue weighted by atomic mass is 16.5. The summed E-state index contributed by atoms with van der Waals surface area (Å²) in [5.41, 5.74) is 3.37. The van der Waals surface area contributed by atoms with E-state index in [1.54, 1.807) is 0 Å². The van der Waals surface area contributed by atoms with Crippen LogP contribution < -0.4 is 10.1 Å². The number of nitrogens with one attached hydrogen (secondary N) is 1. The van der Waals surface area contributed by atoms with Crippen molar-refractivity contribution < 1.29 is 4.74 Å². The van der Waals surface area contributed by atoms with E-state index in [1.165, 1.54) is 5.56 Å². The van der Waals surface area contributed by atoms with Gasteiger partial charge in [0.2, 0.25) is 0 Å². The topological polar surface area (TPSA) is 39.1 Å². The minimum Gasteiger partial charge on any atom is -0.491 e. The van der Waals surface area contributed by atoms with Gasteiger partial charge in [-0.1, -0.05) is 13.0 Å². The zero-order valence-electron chi connectivity index (χ0n) is 12.7. The molecule has 1 atom stereocenters. The highest BCUT2D eigenvalue weighted by Gasteiger charge is 2.12. The van der Waals surface area contributed by atoms with E-state index in [0.29, 0.717) is 0 Å². The average molecular weight is 273 g/mol. The zero-order chi connectivity index (χ0) is 14.5. The average Bonchev–Trinajstić information content (AvgIpc) is 2.85. The summed E-state index contributed by atoms with van der Waals surface area (Å²) in [4.78, 5) is 0. The van der Waals surface area contributed by atoms with Crippen LogP contribution in [-0.2, 0) is 7.05 Å². The summed E-state index contributed by atoms with van der Waals surface area (Å²) in [6.45, 7) is 7.05. The van der Waals surface area contributed by atoms with Crippen molar-refractivity contribution >= 4 is 5.69 Å². The molecule has 20 heavy (non-hydrogen) atoms. The van der Waals surface area contributed by atoms with Crippen LogP contribution in [0.25, 0.3) is 0 Å². The minimum atomic E-state index is 0.175. The molecule has 0 fully saturated rings. The van der Waals surface area contributed by atoms with E-state index in [9.17, 15) is 0 Å². The van der Waals surface area contributed by atoms with E-state index in [2.05, 4.69) is 49.4 Å². The summed E-state index contributed by atoms with van der Waals surface area (Å²) in [6.07, 6.45) is 2.82. The fourth-order valence-electron chi connectivity index (χ4n) is 2.20. The molecule has 4 heteroatoms. The molecular weight excluding hydrogens is 250 g/mol. The number of aryl methyl sites for hydroxylation is 2. The lowest BCUT2D eigenvalue weighted by Crippen LogP contribution is -2.12. The van der Waals surface area contributed by atoms with Gasteiger partial charge in [-0.05, 0) is 44.0 Å². The molecule has 1 aromatic heterocycles. The van der Waals surface area contributed by atoms with Crippen molar-refractivity contribution in [1.29, 1.82) is 0 Å². The van der Waals surface area contributed by atoms with Crippen molar-refractivity contribution in [3.8, 4) is 5.75 Å². The van der Waals surface area contributed by atoms with Crippen LogP contribution in [0.15, 0.2) is 30.5 Å². The maximum absolute atomic E-state index is 5.83. The minimum absolute atomic E-state index is 0.175. The fourth-order valence-corrected chi connectivity index (χ4v) is 2.20. The van der Waals surface area contributed by atoms with Crippen LogP contribution in [0, 0.1) is 6.92 Å². The summed E-state index contributed by atoms with van der Waals surface area (Å²) in [6, 6.07) is 8.45. The maximum Gasteiger partial charge on any atom is 0.142 e. The zero-order valence-corrected chi connectivity index (χ0v) is 12.7. The Kier molecular flexibility index (Phi) is 4.66. The van der Waals surface area contributed by atoms with Gasteiger partial charge in [-0.15, -0.1) is 0 Å². The van der Waals surface area contributed by atoms with Crippen LogP contribution in [0.4, 0.5) is 5.69 Å². The smallest absolute Gasteiger partial charge is 0.142 e. The van der Waals surface area contributed by atoms with Crippen LogP contribution >= 0.6 is 0 Å². The third-order valence-corrected chi connectivity index (χ3v) is 3.27. The molecule has 0 bridgehead atoms. The number of anilines is 1. The first kappa shape index (κ1) is 14.4. The molecule has 0 aliphatic rings. The van der Waals surface area contributed by atoms with Crippen LogP contribution in [0.3, 0.4) is 0 Å². The Morgan fingerprint density at radius 3 is 2.80 bits per heavy atom. The van der Waals surface area contributed by atoms with Crippen LogP contribution in [0.5, 0.6) is 5.75 Å². The van der Waals surface area contributed by atoms with Gasteiger partial charge < -0.3 is 10.1 Å². The summed E-state index contributed by atoms with van der Waals surface area (Å²) in [7, 11) is 1.96. The molecule has 0 aliphatic carbocycles. The van der Waals surface area contributed by atoms with Crippen LogP contribution in [0.1, 0.15) is 37.6 Å². The van der Waals surface area contributed by atoms with Gasteiger partial charge in [0.05, 0.1) is 24.0 Å². The Balaban J connectivity index is 2.18. The van der Waals surface area contributed by atoms with E-state index in [-0.39, 0.29) is 6.04 Å². The van der Waals surface area contributed by atoms with Crippen molar-refractivity contribution in [3.05, 3.63) is 41.7 Å². The van der Waals surface area contributed by atoms with Gasteiger partial charge in [0.1, 0.15) is 5.75 Å². The predicted molar refractivity (Wildman–Crippen MR) is 82.2 cm³/mol. The number of benzene rings is 1. The van der Waals surface area contributed by atoms with Crippen molar-refractivity contribution in [1.82, 2.24) is 9.78 Å². The lowest BCUT2D eigenvalue weighted by Gasteiger charge is -2.19. The van der Waals surface area contributed by atoms with E-state index in [0.717, 1.165) is 30.2 Å².